The maximum atomic E-state index is 12.8. The molecule has 0 saturated carbocycles. The van der Waals surface area contributed by atoms with Crippen molar-refractivity contribution >= 4 is 11.0 Å². The molecular weight excluding hydrogens is 875 g/mol. The van der Waals surface area contributed by atoms with Crippen molar-refractivity contribution in [2.75, 3.05) is 0 Å². The van der Waals surface area contributed by atoms with Gasteiger partial charge in [0.15, 0.2) is 0 Å². The number of benzene rings is 8. The number of nitrogens with zero attached hydrogens (tertiary/aromatic N) is 3. The summed E-state index contributed by atoms with van der Waals surface area (Å²) in [7, 11) is 0. The molecule has 0 atom stereocenters. The van der Waals surface area contributed by atoms with Crippen molar-refractivity contribution in [3.05, 3.63) is 216 Å². The molecule has 4 nitrogen and oxygen atoms in total. The van der Waals surface area contributed by atoms with Crippen LogP contribution in [0.5, 0.6) is 5.75 Å². The Kier molecular flexibility index (Phi) is 11.3. The number of para-hydroxylation sites is 1. The Morgan fingerprint density at radius 3 is 1.72 bits per heavy atom. The Balaban J connectivity index is 1.32. The standard InChI is InChI=1S/C68H65N3O/c1-43-25-27-46(28-26-43)49-33-34-69-60(39-49)52-37-50(45-19-14-12-15-20-45)36-51(38-52)55-23-18-24-61-63(55)70-65(58-40-54(67(6,7)8)41-59(64(58)72)68(9,10)11)71(61)62-35-44(2)56(47-21-16-13-17-22-47)42-57(62)48-29-31-53(32-30-48)66(3,4)5/h12-42,72H,1-11H3/i2D3. The normalized spacial score (nSPS) is 12.9. The molecular formula is C68H65N3O. The predicted octanol–water partition coefficient (Wildman–Crippen LogP) is 18.3. The molecule has 0 saturated heterocycles. The highest BCUT2D eigenvalue weighted by Crippen LogP contribution is 2.47. The van der Waals surface area contributed by atoms with Crippen LogP contribution in [0.25, 0.3) is 95.0 Å². The van der Waals surface area contributed by atoms with E-state index in [9.17, 15) is 5.11 Å². The minimum Gasteiger partial charge on any atom is -0.507 e. The molecule has 0 amide bonds. The Labute approximate surface area is 431 Å². The number of phenolic OH excluding ortho intramolecular Hbond substituents is 1. The maximum absolute atomic E-state index is 12.8. The van der Waals surface area contributed by atoms with Crippen LogP contribution in [0.3, 0.4) is 0 Å². The molecule has 0 aliphatic rings. The Hall–Kier alpha value is -7.82. The molecule has 2 heterocycles. The minimum atomic E-state index is -2.50. The van der Waals surface area contributed by atoms with E-state index in [1.54, 1.807) is 0 Å². The topological polar surface area (TPSA) is 50.9 Å². The second-order valence-electron chi connectivity index (χ2n) is 22.4. The van der Waals surface area contributed by atoms with E-state index in [1.165, 1.54) is 11.1 Å². The van der Waals surface area contributed by atoms with Crippen LogP contribution in [-0.2, 0) is 16.2 Å². The molecule has 0 radical (unpaired) electrons. The van der Waals surface area contributed by atoms with E-state index in [1.807, 2.05) is 54.7 Å². The number of phenols is 1. The lowest BCUT2D eigenvalue weighted by molar-refractivity contribution is 0.446. The van der Waals surface area contributed by atoms with Crippen LogP contribution in [0.4, 0.5) is 0 Å². The maximum Gasteiger partial charge on any atom is 0.149 e. The number of pyridine rings is 1. The summed E-state index contributed by atoms with van der Waals surface area (Å²) in [5, 5.41) is 12.8. The molecule has 10 rings (SSSR count). The zero-order valence-corrected chi connectivity index (χ0v) is 43.2. The molecule has 72 heavy (non-hydrogen) atoms. The number of aromatic hydroxyl groups is 1. The van der Waals surface area contributed by atoms with Crippen LogP contribution in [-0.4, -0.2) is 19.6 Å². The third-order valence-electron chi connectivity index (χ3n) is 14.0. The van der Waals surface area contributed by atoms with Crippen molar-refractivity contribution in [1.29, 1.82) is 0 Å². The summed E-state index contributed by atoms with van der Waals surface area (Å²) in [5.74, 6) is 0.629. The molecule has 0 spiro atoms. The number of rotatable bonds is 8. The number of aromatic nitrogens is 3. The van der Waals surface area contributed by atoms with E-state index in [4.69, 9.17) is 14.1 Å². The van der Waals surface area contributed by atoms with Gasteiger partial charge in [-0.25, -0.2) is 4.98 Å². The van der Waals surface area contributed by atoms with E-state index in [2.05, 4.69) is 207 Å². The number of imidazole rings is 1. The van der Waals surface area contributed by atoms with Gasteiger partial charge >= 0.3 is 0 Å². The number of hydrogen-bond donors (Lipinski definition) is 1. The summed E-state index contributed by atoms with van der Waals surface area (Å²) >= 11 is 0. The first-order valence-electron chi connectivity index (χ1n) is 26.5. The molecule has 0 unspecified atom stereocenters. The van der Waals surface area contributed by atoms with Crippen LogP contribution < -0.4 is 0 Å². The smallest absolute Gasteiger partial charge is 0.149 e. The van der Waals surface area contributed by atoms with Crippen molar-refractivity contribution in [3.8, 4) is 89.7 Å². The first kappa shape index (κ1) is 44.1. The highest BCUT2D eigenvalue weighted by molar-refractivity contribution is 5.99. The summed E-state index contributed by atoms with van der Waals surface area (Å²) in [6.07, 6.45) is 1.88. The first-order valence-corrected chi connectivity index (χ1v) is 25.0. The first-order chi connectivity index (χ1) is 35.5. The zero-order valence-electron chi connectivity index (χ0n) is 46.2. The van der Waals surface area contributed by atoms with Gasteiger partial charge in [0.2, 0.25) is 0 Å². The summed E-state index contributed by atoms with van der Waals surface area (Å²) in [6, 6.07) is 62.5. The Bertz CT molecular complexity index is 3740. The van der Waals surface area contributed by atoms with E-state index in [-0.39, 0.29) is 22.1 Å². The lowest BCUT2D eigenvalue weighted by atomic mass is 9.79. The lowest BCUT2D eigenvalue weighted by Gasteiger charge is -2.28. The summed E-state index contributed by atoms with van der Waals surface area (Å²) in [6.45, 7) is 19.1. The van der Waals surface area contributed by atoms with E-state index >= 15 is 0 Å². The van der Waals surface area contributed by atoms with Crippen LogP contribution in [0, 0.1) is 13.8 Å². The molecule has 2 aromatic heterocycles. The van der Waals surface area contributed by atoms with Gasteiger partial charge in [0, 0.05) is 32.6 Å². The van der Waals surface area contributed by atoms with Crippen LogP contribution in [0.15, 0.2) is 188 Å². The van der Waals surface area contributed by atoms with E-state index in [0.717, 1.165) is 78.0 Å². The fraction of sp³-hybridized carbons (Fsp3) is 0.206. The number of fused-ring (bicyclic) bond motifs is 1. The predicted molar refractivity (Wildman–Crippen MR) is 304 cm³/mol. The van der Waals surface area contributed by atoms with Gasteiger partial charge in [-0.15, -0.1) is 0 Å². The van der Waals surface area contributed by atoms with Crippen LogP contribution in [0.2, 0.25) is 0 Å². The highest BCUT2D eigenvalue weighted by Gasteiger charge is 2.30. The summed E-state index contributed by atoms with van der Waals surface area (Å²) in [5.41, 5.74) is 17.3. The second-order valence-corrected chi connectivity index (χ2v) is 22.4. The van der Waals surface area contributed by atoms with Gasteiger partial charge in [-0.2, -0.15) is 0 Å². The Morgan fingerprint density at radius 2 is 1.07 bits per heavy atom. The Morgan fingerprint density at radius 1 is 0.458 bits per heavy atom. The molecule has 8 aromatic carbocycles. The van der Waals surface area contributed by atoms with Crippen LogP contribution in [0.1, 0.15) is 94.2 Å². The van der Waals surface area contributed by atoms with Gasteiger partial charge in [0.25, 0.3) is 0 Å². The molecule has 358 valence electrons. The third kappa shape index (κ3) is 9.30. The minimum absolute atomic E-state index is 0.0935. The second kappa shape index (κ2) is 18.4. The fourth-order valence-corrected chi connectivity index (χ4v) is 9.82. The molecule has 0 aliphatic carbocycles. The molecule has 1 N–H and O–H groups in total. The van der Waals surface area contributed by atoms with Crippen molar-refractivity contribution < 1.29 is 9.22 Å². The monoisotopic (exact) mass is 943 g/mol. The summed E-state index contributed by atoms with van der Waals surface area (Å²) in [4.78, 5) is 10.7. The van der Waals surface area contributed by atoms with Crippen molar-refractivity contribution in [1.82, 2.24) is 14.5 Å². The van der Waals surface area contributed by atoms with Gasteiger partial charge in [-0.3, -0.25) is 9.55 Å². The average molecular weight is 943 g/mol. The van der Waals surface area contributed by atoms with E-state index < -0.39 is 12.3 Å². The van der Waals surface area contributed by atoms with Gasteiger partial charge in [0.05, 0.1) is 28.0 Å². The molecule has 0 bridgehead atoms. The lowest BCUT2D eigenvalue weighted by Crippen LogP contribution is -2.17. The summed E-state index contributed by atoms with van der Waals surface area (Å²) < 4.78 is 29.5. The molecule has 10 aromatic rings. The van der Waals surface area contributed by atoms with E-state index in [0.29, 0.717) is 28.2 Å². The quantitative estimate of drug-likeness (QED) is 0.165. The molecule has 4 heteroatoms. The highest BCUT2D eigenvalue weighted by atomic mass is 16.3. The molecule has 0 aliphatic heterocycles. The van der Waals surface area contributed by atoms with Gasteiger partial charge < -0.3 is 5.11 Å². The largest absolute Gasteiger partial charge is 0.507 e. The average Bonchev–Trinajstić information content (AvgIpc) is 3.78. The van der Waals surface area contributed by atoms with Gasteiger partial charge in [0.1, 0.15) is 11.6 Å². The zero-order chi connectivity index (χ0) is 53.2. The number of hydrogen-bond acceptors (Lipinski definition) is 3. The van der Waals surface area contributed by atoms with Gasteiger partial charge in [-0.05, 0) is 146 Å². The number of aryl methyl sites for hydroxylation is 2. The fourth-order valence-electron chi connectivity index (χ4n) is 9.82. The van der Waals surface area contributed by atoms with Gasteiger partial charge in [-0.1, -0.05) is 195 Å². The molecule has 0 fully saturated rings. The van der Waals surface area contributed by atoms with Crippen LogP contribution >= 0.6 is 0 Å². The van der Waals surface area contributed by atoms with Crippen molar-refractivity contribution in [3.63, 3.8) is 0 Å². The third-order valence-corrected chi connectivity index (χ3v) is 14.0. The van der Waals surface area contributed by atoms with Crippen molar-refractivity contribution in [2.24, 2.45) is 0 Å². The SMILES string of the molecule is [2H]C([2H])([2H])c1cc(-n2c(-c3cc(C(C)(C)C)cc(C(C)(C)C)c3O)nc3c(-c4cc(-c5ccccc5)cc(-c5cc(-c6ccc(C)cc6)ccn5)c4)cccc32)c(-c2ccc(C(C)(C)C)cc2)cc1-c1ccccc1. The van der Waals surface area contributed by atoms with Crippen molar-refractivity contribution in [2.45, 2.75) is 92.3 Å².